The summed E-state index contributed by atoms with van der Waals surface area (Å²) < 4.78 is 5.98. The Hall–Kier alpha value is -2.55. The normalized spacial score (nSPS) is 20.2. The van der Waals surface area contributed by atoms with Crippen molar-refractivity contribution < 1.29 is 19.4 Å². The van der Waals surface area contributed by atoms with Crippen LogP contribution in [0.15, 0.2) is 30.3 Å². The minimum absolute atomic E-state index is 0.124. The lowest BCUT2D eigenvalue weighted by molar-refractivity contribution is -0.140. The monoisotopic (exact) mass is 440 g/mol. The van der Waals surface area contributed by atoms with Crippen molar-refractivity contribution in [1.82, 2.24) is 20.1 Å². The molecule has 0 spiro atoms. The summed E-state index contributed by atoms with van der Waals surface area (Å²) in [5.41, 5.74) is 1.84. The molecule has 2 saturated heterocycles. The molecule has 32 heavy (non-hydrogen) atoms. The first-order chi connectivity index (χ1) is 15.7. The van der Waals surface area contributed by atoms with Crippen LogP contribution in [0.25, 0.3) is 10.9 Å². The largest absolute Gasteiger partial charge is 0.395 e. The number of fused-ring (bicyclic) bond motifs is 1. The van der Waals surface area contributed by atoms with Crippen molar-refractivity contribution in [2.24, 2.45) is 0 Å². The molecule has 1 aromatic carbocycles. The van der Waals surface area contributed by atoms with Gasteiger partial charge in [-0.05, 0) is 38.1 Å². The summed E-state index contributed by atoms with van der Waals surface area (Å²) in [5.74, 6) is -0.134. The van der Waals surface area contributed by atoms with Crippen LogP contribution < -0.4 is 5.32 Å². The standard InChI is InChI=1S/C24H32N4O4/c29-13-9-25-24(31)19-15-21(26-20-8-4-3-7-18(19)20)22-16-28(12-14-32-22)23(30)17-27-10-5-1-2-6-11-27/h3-4,7-8,15,22,29H,1-2,5-6,9-14,16-17H2,(H,25,31)/t22-/m1/s1. The summed E-state index contributed by atoms with van der Waals surface area (Å²) in [4.78, 5) is 34.6. The van der Waals surface area contributed by atoms with Crippen LogP contribution in [0.5, 0.6) is 0 Å². The highest BCUT2D eigenvalue weighted by Gasteiger charge is 2.28. The number of likely N-dealkylation sites (tertiary alicyclic amines) is 1. The number of amides is 2. The van der Waals surface area contributed by atoms with Gasteiger partial charge in [0.25, 0.3) is 5.91 Å². The highest BCUT2D eigenvalue weighted by molar-refractivity contribution is 6.06. The van der Waals surface area contributed by atoms with E-state index in [2.05, 4.69) is 10.2 Å². The van der Waals surface area contributed by atoms with Crippen LogP contribution in [0.2, 0.25) is 0 Å². The summed E-state index contributed by atoms with van der Waals surface area (Å²) in [6.07, 6.45) is 4.41. The van der Waals surface area contributed by atoms with Crippen molar-refractivity contribution in [2.45, 2.75) is 31.8 Å². The number of morpholine rings is 1. The number of pyridine rings is 1. The number of hydrogen-bond acceptors (Lipinski definition) is 6. The summed E-state index contributed by atoms with van der Waals surface area (Å²) >= 11 is 0. The van der Waals surface area contributed by atoms with Crippen LogP contribution in [0.4, 0.5) is 0 Å². The van der Waals surface area contributed by atoms with Gasteiger partial charge in [0.2, 0.25) is 5.91 Å². The SMILES string of the molecule is O=C(NCCO)c1cc([C@H]2CN(C(=O)CN3CCCCCC3)CCO2)nc2ccccc12. The molecule has 1 atom stereocenters. The van der Waals surface area contributed by atoms with Crippen molar-refractivity contribution in [3.63, 3.8) is 0 Å². The third-order valence-electron chi connectivity index (χ3n) is 6.18. The first kappa shape index (κ1) is 22.6. The number of para-hydroxylation sites is 1. The second kappa shape index (κ2) is 10.8. The molecule has 0 aliphatic carbocycles. The number of carbonyl (C=O) groups is 2. The average Bonchev–Trinajstić information content (AvgIpc) is 3.10. The lowest BCUT2D eigenvalue weighted by Gasteiger charge is -2.34. The van der Waals surface area contributed by atoms with E-state index in [4.69, 9.17) is 14.8 Å². The maximum atomic E-state index is 13.0. The predicted molar refractivity (Wildman–Crippen MR) is 121 cm³/mol. The van der Waals surface area contributed by atoms with E-state index >= 15 is 0 Å². The number of aromatic nitrogens is 1. The zero-order valence-electron chi connectivity index (χ0n) is 18.5. The molecular weight excluding hydrogens is 408 g/mol. The molecule has 2 aliphatic rings. The molecule has 0 unspecified atom stereocenters. The van der Waals surface area contributed by atoms with Gasteiger partial charge in [-0.2, -0.15) is 0 Å². The van der Waals surface area contributed by atoms with Crippen molar-refractivity contribution in [3.05, 3.63) is 41.6 Å². The molecule has 3 heterocycles. The van der Waals surface area contributed by atoms with Crippen LogP contribution in [-0.4, -0.2) is 84.2 Å². The Balaban J connectivity index is 1.51. The molecule has 1 aromatic heterocycles. The van der Waals surface area contributed by atoms with E-state index < -0.39 is 0 Å². The maximum Gasteiger partial charge on any atom is 0.252 e. The van der Waals surface area contributed by atoms with Gasteiger partial charge in [0, 0.05) is 18.5 Å². The number of nitrogens with one attached hydrogen (secondary N) is 1. The van der Waals surface area contributed by atoms with Gasteiger partial charge in [0.15, 0.2) is 0 Å². The molecule has 0 radical (unpaired) electrons. The number of benzene rings is 1. The van der Waals surface area contributed by atoms with E-state index in [-0.39, 0.29) is 31.1 Å². The molecule has 4 rings (SSSR count). The van der Waals surface area contributed by atoms with Gasteiger partial charge in [-0.15, -0.1) is 0 Å². The molecule has 0 saturated carbocycles. The number of nitrogens with zero attached hydrogens (tertiary/aromatic N) is 3. The lowest BCUT2D eigenvalue weighted by atomic mass is 10.0. The van der Waals surface area contributed by atoms with Gasteiger partial charge >= 0.3 is 0 Å². The first-order valence-electron chi connectivity index (χ1n) is 11.6. The quantitative estimate of drug-likeness (QED) is 0.711. The second-order valence-corrected chi connectivity index (χ2v) is 8.48. The molecule has 2 amide bonds. The van der Waals surface area contributed by atoms with E-state index in [1.165, 1.54) is 12.8 Å². The number of rotatable bonds is 6. The molecule has 172 valence electrons. The number of aliphatic hydroxyl groups is 1. The molecule has 8 nitrogen and oxygen atoms in total. The van der Waals surface area contributed by atoms with Crippen molar-refractivity contribution in [1.29, 1.82) is 0 Å². The zero-order chi connectivity index (χ0) is 22.3. The van der Waals surface area contributed by atoms with Crippen molar-refractivity contribution >= 4 is 22.7 Å². The number of hydrogen-bond donors (Lipinski definition) is 2. The van der Waals surface area contributed by atoms with E-state index in [0.29, 0.717) is 43.0 Å². The van der Waals surface area contributed by atoms with Crippen LogP contribution in [0.3, 0.4) is 0 Å². The van der Waals surface area contributed by atoms with Crippen LogP contribution in [-0.2, 0) is 9.53 Å². The highest BCUT2D eigenvalue weighted by Crippen LogP contribution is 2.26. The fourth-order valence-electron chi connectivity index (χ4n) is 4.45. The fraction of sp³-hybridized carbons (Fsp3) is 0.542. The number of ether oxygens (including phenoxy) is 1. The van der Waals surface area contributed by atoms with Crippen molar-refractivity contribution in [3.8, 4) is 0 Å². The summed E-state index contributed by atoms with van der Waals surface area (Å²) in [7, 11) is 0. The van der Waals surface area contributed by atoms with Crippen LogP contribution in [0, 0.1) is 0 Å². The fourth-order valence-corrected chi connectivity index (χ4v) is 4.45. The minimum Gasteiger partial charge on any atom is -0.395 e. The Morgan fingerprint density at radius 3 is 2.69 bits per heavy atom. The van der Waals surface area contributed by atoms with Crippen molar-refractivity contribution in [2.75, 3.05) is 52.5 Å². The van der Waals surface area contributed by atoms with Crippen LogP contribution >= 0.6 is 0 Å². The summed E-state index contributed by atoms with van der Waals surface area (Å²) in [5, 5.41) is 12.5. The Kier molecular flexibility index (Phi) is 7.68. The van der Waals surface area contributed by atoms with Gasteiger partial charge in [0.1, 0.15) is 6.10 Å². The third-order valence-corrected chi connectivity index (χ3v) is 6.18. The topological polar surface area (TPSA) is 95.0 Å². The first-order valence-corrected chi connectivity index (χ1v) is 11.6. The molecular formula is C24H32N4O4. The average molecular weight is 441 g/mol. The van der Waals surface area contributed by atoms with Gasteiger partial charge < -0.3 is 20.1 Å². The summed E-state index contributed by atoms with van der Waals surface area (Å²) in [6, 6.07) is 9.23. The number of aliphatic hydroxyl groups excluding tert-OH is 1. The smallest absolute Gasteiger partial charge is 0.252 e. The molecule has 0 bridgehead atoms. The third kappa shape index (κ3) is 5.43. The Morgan fingerprint density at radius 1 is 1.12 bits per heavy atom. The van der Waals surface area contributed by atoms with Gasteiger partial charge in [-0.3, -0.25) is 14.5 Å². The van der Waals surface area contributed by atoms with Gasteiger partial charge in [-0.1, -0.05) is 31.0 Å². The molecule has 2 aromatic rings. The van der Waals surface area contributed by atoms with E-state index in [0.717, 1.165) is 31.3 Å². The Labute approximate surface area is 188 Å². The Bertz CT molecular complexity index is 943. The maximum absolute atomic E-state index is 13.0. The molecule has 2 fully saturated rings. The molecule has 8 heteroatoms. The molecule has 2 N–H and O–H groups in total. The lowest BCUT2D eigenvalue weighted by Crippen LogP contribution is -2.47. The Morgan fingerprint density at radius 2 is 1.91 bits per heavy atom. The second-order valence-electron chi connectivity index (χ2n) is 8.48. The molecule has 2 aliphatic heterocycles. The van der Waals surface area contributed by atoms with Crippen LogP contribution in [0.1, 0.15) is 47.8 Å². The summed E-state index contributed by atoms with van der Waals surface area (Å²) in [6.45, 7) is 3.92. The van der Waals surface area contributed by atoms with E-state index in [1.54, 1.807) is 6.07 Å². The zero-order valence-corrected chi connectivity index (χ0v) is 18.5. The highest BCUT2D eigenvalue weighted by atomic mass is 16.5. The minimum atomic E-state index is -0.383. The van der Waals surface area contributed by atoms with Gasteiger partial charge in [0.05, 0.1) is 43.1 Å². The van der Waals surface area contributed by atoms with E-state index in [1.807, 2.05) is 29.2 Å². The van der Waals surface area contributed by atoms with E-state index in [9.17, 15) is 9.59 Å². The predicted octanol–water partition coefficient (Wildman–Crippen LogP) is 1.73. The van der Waals surface area contributed by atoms with Gasteiger partial charge in [-0.25, -0.2) is 4.98 Å². The number of carbonyl (C=O) groups excluding carboxylic acids is 2.